The van der Waals surface area contributed by atoms with E-state index in [2.05, 4.69) is 31.3 Å². The van der Waals surface area contributed by atoms with Crippen molar-refractivity contribution in [3.8, 4) is 0 Å². The Kier molecular flexibility index (Phi) is 45.7. The molecule has 14 nitrogen and oxygen atoms in total. The van der Waals surface area contributed by atoms with Crippen LogP contribution >= 0.6 is 0 Å². The van der Waals surface area contributed by atoms with E-state index in [1.807, 2.05) is 6.08 Å². The number of ether oxygens (including phenoxy) is 4. The molecule has 0 aliphatic carbocycles. The van der Waals surface area contributed by atoms with Crippen molar-refractivity contribution in [1.29, 1.82) is 0 Å². The molecule has 0 spiro atoms. The van der Waals surface area contributed by atoms with Crippen molar-refractivity contribution in [1.82, 2.24) is 5.32 Å². The number of aliphatic hydroxyl groups is 8. The van der Waals surface area contributed by atoms with Crippen molar-refractivity contribution >= 4 is 5.91 Å². The van der Waals surface area contributed by atoms with Crippen LogP contribution in [0.5, 0.6) is 0 Å². The first-order chi connectivity index (χ1) is 37.6. The predicted molar refractivity (Wildman–Crippen MR) is 309 cm³/mol. The first-order valence-corrected chi connectivity index (χ1v) is 32.1. The van der Waals surface area contributed by atoms with Crippen LogP contribution in [0.1, 0.15) is 277 Å². The fourth-order valence-corrected chi connectivity index (χ4v) is 10.7. The van der Waals surface area contributed by atoms with Gasteiger partial charge >= 0.3 is 0 Å². The van der Waals surface area contributed by atoms with Crippen LogP contribution in [0.15, 0.2) is 24.3 Å². The molecule has 2 fully saturated rings. The van der Waals surface area contributed by atoms with E-state index in [0.29, 0.717) is 6.42 Å². The first kappa shape index (κ1) is 71.6. The molecular formula is C63H119NO13. The van der Waals surface area contributed by atoms with Gasteiger partial charge in [0.15, 0.2) is 12.6 Å². The fourth-order valence-electron chi connectivity index (χ4n) is 10.7. The molecular weight excluding hydrogens is 979 g/mol. The summed E-state index contributed by atoms with van der Waals surface area (Å²) in [5, 5.41) is 87.2. The molecule has 2 aliphatic rings. The highest BCUT2D eigenvalue weighted by atomic mass is 16.7. The number of rotatable bonds is 52. The molecule has 12 atom stereocenters. The number of unbranched alkanes of at least 4 members (excludes halogenated alkanes) is 37. The monoisotopic (exact) mass is 1100 g/mol. The Morgan fingerprint density at radius 3 is 1.23 bits per heavy atom. The zero-order chi connectivity index (χ0) is 56.0. The van der Waals surface area contributed by atoms with Gasteiger partial charge in [-0.25, -0.2) is 0 Å². The lowest BCUT2D eigenvalue weighted by molar-refractivity contribution is -0.359. The molecule has 2 heterocycles. The summed E-state index contributed by atoms with van der Waals surface area (Å²) in [6.07, 6.45) is 42.2. The van der Waals surface area contributed by atoms with Crippen LogP contribution in [-0.2, 0) is 23.7 Å². The maximum Gasteiger partial charge on any atom is 0.220 e. The normalized spacial score (nSPS) is 24.8. The molecule has 1 amide bonds. The first-order valence-electron chi connectivity index (χ1n) is 32.1. The SMILES string of the molecule is CCCCCCCCCC/C=C\CCCCCCCCCCCCCCCC(=O)NC(COC1OC(CO)C(OC2OC(CO)C(O)C(O)C2O)C(O)C1O)C(O)/C=C/CCCCCCCCCCCCCCCCCC. The standard InChI is InChI=1S/C63H119NO13/c1-3-5-7-9-11-13-15-17-19-21-23-24-25-26-27-28-29-31-33-35-37-39-41-43-45-47-55(68)64-51(52(67)46-44-42-40-38-36-34-32-30-22-20-18-16-14-12-10-8-6-4-2)50-74-62-60(73)58(71)61(54(49-66)76-62)77-63-59(72)57(70)56(69)53(48-65)75-63/h21,23,44,46,51-54,56-63,65-67,69-73H,3-20,22,24-43,45,47-50H2,1-2H3,(H,64,68)/b23-21-,46-44+. The number of carbonyl (C=O) groups is 1. The summed E-state index contributed by atoms with van der Waals surface area (Å²) in [7, 11) is 0. The van der Waals surface area contributed by atoms with Gasteiger partial charge < -0.3 is 65.1 Å². The summed E-state index contributed by atoms with van der Waals surface area (Å²) < 4.78 is 22.8. The van der Waals surface area contributed by atoms with Crippen LogP contribution in [0.4, 0.5) is 0 Å². The van der Waals surface area contributed by atoms with Crippen LogP contribution in [0.25, 0.3) is 0 Å². The summed E-state index contributed by atoms with van der Waals surface area (Å²) in [5.74, 6) is -0.235. The molecule has 0 radical (unpaired) electrons. The Balaban J connectivity index is 1.72. The molecule has 77 heavy (non-hydrogen) atoms. The molecule has 2 rings (SSSR count). The van der Waals surface area contributed by atoms with Crippen LogP contribution in [0.3, 0.4) is 0 Å². The van der Waals surface area contributed by atoms with E-state index in [-0.39, 0.29) is 18.9 Å². The lowest BCUT2D eigenvalue weighted by atomic mass is 9.97. The number of carbonyl (C=O) groups excluding carboxylic acids is 1. The second kappa shape index (κ2) is 49.1. The highest BCUT2D eigenvalue weighted by molar-refractivity contribution is 5.76. The van der Waals surface area contributed by atoms with E-state index >= 15 is 0 Å². The number of allylic oxidation sites excluding steroid dienone is 3. The van der Waals surface area contributed by atoms with Crippen LogP contribution in [0, 0.1) is 0 Å². The highest BCUT2D eigenvalue weighted by Crippen LogP contribution is 2.30. The molecule has 14 heteroatoms. The largest absolute Gasteiger partial charge is 0.394 e. The minimum absolute atomic E-state index is 0.235. The molecule has 2 saturated heterocycles. The molecule has 0 aromatic rings. The van der Waals surface area contributed by atoms with Gasteiger partial charge in [-0.3, -0.25) is 4.79 Å². The van der Waals surface area contributed by atoms with Crippen LogP contribution in [-0.4, -0.2) is 140 Å². The second-order valence-corrected chi connectivity index (χ2v) is 22.9. The van der Waals surface area contributed by atoms with Crippen molar-refractivity contribution in [2.75, 3.05) is 19.8 Å². The molecule has 0 aromatic heterocycles. The van der Waals surface area contributed by atoms with Gasteiger partial charge in [-0.05, 0) is 44.9 Å². The van der Waals surface area contributed by atoms with E-state index in [1.165, 1.54) is 212 Å². The summed E-state index contributed by atoms with van der Waals surface area (Å²) in [6.45, 7) is 2.83. The average molecular weight is 1100 g/mol. The Morgan fingerprint density at radius 1 is 0.455 bits per heavy atom. The van der Waals surface area contributed by atoms with Crippen molar-refractivity contribution in [2.24, 2.45) is 0 Å². The van der Waals surface area contributed by atoms with E-state index in [9.17, 15) is 45.6 Å². The molecule has 454 valence electrons. The minimum atomic E-state index is -1.79. The third kappa shape index (κ3) is 34.5. The van der Waals surface area contributed by atoms with Crippen LogP contribution < -0.4 is 5.32 Å². The number of nitrogens with one attached hydrogen (secondary N) is 1. The Bertz CT molecular complexity index is 1390. The van der Waals surface area contributed by atoms with E-state index in [1.54, 1.807) is 6.08 Å². The zero-order valence-electron chi connectivity index (χ0n) is 49.0. The van der Waals surface area contributed by atoms with Crippen molar-refractivity contribution in [3.05, 3.63) is 24.3 Å². The maximum absolute atomic E-state index is 13.3. The summed E-state index contributed by atoms with van der Waals surface area (Å²) in [4.78, 5) is 13.3. The van der Waals surface area contributed by atoms with Crippen molar-refractivity contribution < 1.29 is 64.6 Å². The van der Waals surface area contributed by atoms with Gasteiger partial charge in [-0.1, -0.05) is 250 Å². The van der Waals surface area contributed by atoms with Crippen molar-refractivity contribution in [2.45, 2.75) is 351 Å². The van der Waals surface area contributed by atoms with E-state index in [0.717, 1.165) is 38.5 Å². The van der Waals surface area contributed by atoms with Gasteiger partial charge in [0.05, 0.1) is 32.0 Å². The van der Waals surface area contributed by atoms with Gasteiger partial charge in [-0.2, -0.15) is 0 Å². The molecule has 9 N–H and O–H groups in total. The molecule has 0 aromatic carbocycles. The molecule has 12 unspecified atom stereocenters. The van der Waals surface area contributed by atoms with Gasteiger partial charge in [0, 0.05) is 6.42 Å². The number of amides is 1. The third-order valence-electron chi connectivity index (χ3n) is 15.9. The summed E-state index contributed by atoms with van der Waals surface area (Å²) in [6, 6.07) is -0.912. The lowest BCUT2D eigenvalue weighted by Crippen LogP contribution is -2.65. The van der Waals surface area contributed by atoms with E-state index < -0.39 is 86.8 Å². The average Bonchev–Trinajstić information content (AvgIpc) is 3.44. The second-order valence-electron chi connectivity index (χ2n) is 22.9. The highest BCUT2D eigenvalue weighted by Gasteiger charge is 2.51. The van der Waals surface area contributed by atoms with Gasteiger partial charge in [-0.15, -0.1) is 0 Å². The van der Waals surface area contributed by atoms with Gasteiger partial charge in [0.2, 0.25) is 5.91 Å². The summed E-state index contributed by atoms with van der Waals surface area (Å²) in [5.41, 5.74) is 0. The Labute approximate surface area is 468 Å². The quantitative estimate of drug-likeness (QED) is 0.0204. The van der Waals surface area contributed by atoms with Crippen molar-refractivity contribution in [3.63, 3.8) is 0 Å². The molecule has 2 aliphatic heterocycles. The maximum atomic E-state index is 13.3. The Hall–Kier alpha value is -1.53. The number of hydrogen-bond donors (Lipinski definition) is 9. The zero-order valence-corrected chi connectivity index (χ0v) is 49.0. The molecule has 0 bridgehead atoms. The van der Waals surface area contributed by atoms with Gasteiger partial charge in [0.25, 0.3) is 0 Å². The lowest BCUT2D eigenvalue weighted by Gasteiger charge is -2.46. The predicted octanol–water partition coefficient (Wildman–Crippen LogP) is 11.6. The van der Waals surface area contributed by atoms with E-state index in [4.69, 9.17) is 18.9 Å². The summed E-state index contributed by atoms with van der Waals surface area (Å²) >= 11 is 0. The number of hydrogen-bond acceptors (Lipinski definition) is 13. The number of aliphatic hydroxyl groups excluding tert-OH is 8. The minimum Gasteiger partial charge on any atom is -0.394 e. The molecule has 0 saturated carbocycles. The Morgan fingerprint density at radius 2 is 0.818 bits per heavy atom. The smallest absolute Gasteiger partial charge is 0.220 e. The van der Waals surface area contributed by atoms with Crippen LogP contribution in [0.2, 0.25) is 0 Å². The fraction of sp³-hybridized carbons (Fsp3) is 0.921. The third-order valence-corrected chi connectivity index (χ3v) is 15.9. The van der Waals surface area contributed by atoms with Gasteiger partial charge in [0.1, 0.15) is 48.8 Å². The topological polar surface area (TPSA) is 228 Å².